The summed E-state index contributed by atoms with van der Waals surface area (Å²) in [5.74, 6) is 1.87. The van der Waals surface area contributed by atoms with Gasteiger partial charge >= 0.3 is 0 Å². The van der Waals surface area contributed by atoms with Crippen LogP contribution in [0.3, 0.4) is 0 Å². The molecule has 5 heteroatoms. The SMILES string of the molecule is CCCCC(CC)CNC(=NCc1ccc(CN2CCCC2=O)cc1)NCC. The maximum Gasteiger partial charge on any atom is 0.222 e. The van der Waals surface area contributed by atoms with Crippen molar-refractivity contribution in [2.45, 2.75) is 72.4 Å². The molecular weight excluding hydrogens is 348 g/mol. The van der Waals surface area contributed by atoms with E-state index in [2.05, 4.69) is 55.7 Å². The van der Waals surface area contributed by atoms with Crippen LogP contribution in [-0.2, 0) is 17.9 Å². The number of carbonyl (C=O) groups excluding carboxylic acids is 1. The number of nitrogens with zero attached hydrogens (tertiary/aromatic N) is 2. The van der Waals surface area contributed by atoms with Crippen molar-refractivity contribution < 1.29 is 4.79 Å². The first-order chi connectivity index (χ1) is 13.7. The second-order valence-corrected chi connectivity index (χ2v) is 7.73. The lowest BCUT2D eigenvalue weighted by Crippen LogP contribution is -2.39. The Hall–Kier alpha value is -2.04. The van der Waals surface area contributed by atoms with Crippen molar-refractivity contribution in [3.63, 3.8) is 0 Å². The molecule has 0 radical (unpaired) electrons. The molecule has 0 aromatic heterocycles. The Kier molecular flexibility index (Phi) is 9.87. The van der Waals surface area contributed by atoms with Crippen LogP contribution in [-0.4, -0.2) is 36.4 Å². The lowest BCUT2D eigenvalue weighted by molar-refractivity contribution is -0.128. The molecule has 1 aromatic carbocycles. The Morgan fingerprint density at radius 2 is 1.89 bits per heavy atom. The second-order valence-electron chi connectivity index (χ2n) is 7.73. The number of nitrogens with one attached hydrogen (secondary N) is 2. The van der Waals surface area contributed by atoms with E-state index in [-0.39, 0.29) is 5.91 Å². The Labute approximate surface area is 171 Å². The molecule has 1 fully saturated rings. The number of benzene rings is 1. The van der Waals surface area contributed by atoms with Crippen LogP contribution in [0, 0.1) is 5.92 Å². The van der Waals surface area contributed by atoms with Gasteiger partial charge in [0.05, 0.1) is 6.54 Å². The molecular formula is C23H38N4O. The van der Waals surface area contributed by atoms with Gasteiger partial charge in [0, 0.05) is 32.6 Å². The number of hydrogen-bond donors (Lipinski definition) is 2. The molecule has 0 bridgehead atoms. The van der Waals surface area contributed by atoms with Gasteiger partial charge < -0.3 is 15.5 Å². The van der Waals surface area contributed by atoms with Crippen molar-refractivity contribution in [1.29, 1.82) is 0 Å². The number of unbranched alkanes of at least 4 members (excludes halogenated alkanes) is 1. The molecule has 28 heavy (non-hydrogen) atoms. The van der Waals surface area contributed by atoms with Crippen LogP contribution >= 0.6 is 0 Å². The number of hydrogen-bond acceptors (Lipinski definition) is 2. The van der Waals surface area contributed by atoms with Crippen molar-refractivity contribution in [3.05, 3.63) is 35.4 Å². The molecule has 1 aromatic rings. The number of amides is 1. The molecule has 2 N–H and O–H groups in total. The van der Waals surface area contributed by atoms with Crippen molar-refractivity contribution in [2.24, 2.45) is 10.9 Å². The van der Waals surface area contributed by atoms with Crippen LogP contribution < -0.4 is 10.6 Å². The fraction of sp³-hybridized carbons (Fsp3) is 0.652. The first-order valence-corrected chi connectivity index (χ1v) is 11.0. The standard InChI is InChI=1S/C23H38N4O/c1-4-7-9-19(5-2)16-25-23(24-6-3)26-17-20-11-13-21(14-12-20)18-27-15-8-10-22(27)28/h11-14,19H,4-10,15-18H2,1-3H3,(H2,24,25,26). The lowest BCUT2D eigenvalue weighted by Gasteiger charge is -2.18. The van der Waals surface area contributed by atoms with Crippen LogP contribution in [0.5, 0.6) is 0 Å². The Morgan fingerprint density at radius 1 is 1.14 bits per heavy atom. The molecule has 1 aliphatic heterocycles. The number of rotatable bonds is 11. The smallest absolute Gasteiger partial charge is 0.222 e. The monoisotopic (exact) mass is 386 g/mol. The number of guanidine groups is 1. The van der Waals surface area contributed by atoms with Gasteiger partial charge in [-0.05, 0) is 36.8 Å². The van der Waals surface area contributed by atoms with E-state index in [0.717, 1.165) is 38.6 Å². The largest absolute Gasteiger partial charge is 0.357 e. The molecule has 1 unspecified atom stereocenters. The highest BCUT2D eigenvalue weighted by atomic mass is 16.2. The lowest BCUT2D eigenvalue weighted by atomic mass is 9.99. The minimum atomic E-state index is 0.277. The van der Waals surface area contributed by atoms with E-state index < -0.39 is 0 Å². The maximum atomic E-state index is 11.8. The Morgan fingerprint density at radius 3 is 2.50 bits per heavy atom. The van der Waals surface area contributed by atoms with Crippen LogP contribution in [0.2, 0.25) is 0 Å². The quantitative estimate of drug-likeness (QED) is 0.445. The molecule has 1 amide bonds. The van der Waals surface area contributed by atoms with Gasteiger partial charge in [-0.15, -0.1) is 0 Å². The fourth-order valence-corrected chi connectivity index (χ4v) is 3.54. The van der Waals surface area contributed by atoms with Gasteiger partial charge in [0.15, 0.2) is 5.96 Å². The average molecular weight is 387 g/mol. The summed E-state index contributed by atoms with van der Waals surface area (Å²) in [6.45, 7) is 10.7. The van der Waals surface area contributed by atoms with Gasteiger partial charge in [0.25, 0.3) is 0 Å². The van der Waals surface area contributed by atoms with Gasteiger partial charge in [-0.1, -0.05) is 57.4 Å². The molecule has 0 saturated carbocycles. The first-order valence-electron chi connectivity index (χ1n) is 11.0. The summed E-state index contributed by atoms with van der Waals surface area (Å²) in [4.78, 5) is 18.5. The molecule has 2 rings (SSSR count). The summed E-state index contributed by atoms with van der Waals surface area (Å²) in [6.07, 6.45) is 6.72. The summed E-state index contributed by atoms with van der Waals surface area (Å²) >= 11 is 0. The minimum Gasteiger partial charge on any atom is -0.357 e. The van der Waals surface area contributed by atoms with Crippen LogP contribution in [0.4, 0.5) is 0 Å². The van der Waals surface area contributed by atoms with Crippen LogP contribution in [0.25, 0.3) is 0 Å². The average Bonchev–Trinajstić information content (AvgIpc) is 3.11. The third-order valence-corrected chi connectivity index (χ3v) is 5.43. The third kappa shape index (κ3) is 7.53. The number of carbonyl (C=O) groups is 1. The van der Waals surface area contributed by atoms with Crippen molar-refractivity contribution in [3.8, 4) is 0 Å². The van der Waals surface area contributed by atoms with E-state index in [9.17, 15) is 4.79 Å². The third-order valence-electron chi connectivity index (χ3n) is 5.43. The molecule has 1 heterocycles. The number of likely N-dealkylation sites (tertiary alicyclic amines) is 1. The van der Waals surface area contributed by atoms with Gasteiger partial charge in [0.1, 0.15) is 0 Å². The Bertz CT molecular complexity index is 612. The molecule has 1 saturated heterocycles. The molecule has 1 atom stereocenters. The molecule has 156 valence electrons. The minimum absolute atomic E-state index is 0.277. The van der Waals surface area contributed by atoms with E-state index in [0.29, 0.717) is 18.9 Å². The Balaban J connectivity index is 1.86. The zero-order valence-electron chi connectivity index (χ0n) is 18.0. The van der Waals surface area contributed by atoms with Crippen molar-refractivity contribution in [2.75, 3.05) is 19.6 Å². The maximum absolute atomic E-state index is 11.8. The van der Waals surface area contributed by atoms with Gasteiger partial charge in [0.2, 0.25) is 5.91 Å². The van der Waals surface area contributed by atoms with Gasteiger partial charge in [-0.3, -0.25) is 4.79 Å². The molecule has 0 aliphatic carbocycles. The van der Waals surface area contributed by atoms with Gasteiger partial charge in [-0.25, -0.2) is 4.99 Å². The molecule has 1 aliphatic rings. The highest BCUT2D eigenvalue weighted by Gasteiger charge is 2.19. The molecule has 5 nitrogen and oxygen atoms in total. The second kappa shape index (κ2) is 12.4. The zero-order chi connectivity index (χ0) is 20.2. The van der Waals surface area contributed by atoms with Crippen LogP contribution in [0.15, 0.2) is 29.3 Å². The predicted molar refractivity (Wildman–Crippen MR) is 117 cm³/mol. The van der Waals surface area contributed by atoms with Crippen molar-refractivity contribution in [1.82, 2.24) is 15.5 Å². The van der Waals surface area contributed by atoms with Gasteiger partial charge in [-0.2, -0.15) is 0 Å². The van der Waals surface area contributed by atoms with E-state index in [1.54, 1.807) is 0 Å². The zero-order valence-corrected chi connectivity index (χ0v) is 18.0. The van der Waals surface area contributed by atoms with E-state index in [4.69, 9.17) is 4.99 Å². The summed E-state index contributed by atoms with van der Waals surface area (Å²) < 4.78 is 0. The predicted octanol–water partition coefficient (Wildman–Crippen LogP) is 4.08. The highest BCUT2D eigenvalue weighted by Crippen LogP contribution is 2.15. The molecule has 0 spiro atoms. The normalized spacial score (nSPS) is 15.8. The van der Waals surface area contributed by atoms with E-state index in [1.807, 2.05) is 4.90 Å². The highest BCUT2D eigenvalue weighted by molar-refractivity contribution is 5.79. The number of aliphatic imine (C=N–C) groups is 1. The summed E-state index contributed by atoms with van der Waals surface area (Å²) in [7, 11) is 0. The van der Waals surface area contributed by atoms with Crippen molar-refractivity contribution >= 4 is 11.9 Å². The summed E-state index contributed by atoms with van der Waals surface area (Å²) in [5.41, 5.74) is 2.38. The first kappa shape index (κ1) is 22.3. The van der Waals surface area contributed by atoms with Crippen LogP contribution in [0.1, 0.15) is 70.4 Å². The van der Waals surface area contributed by atoms with E-state index >= 15 is 0 Å². The summed E-state index contributed by atoms with van der Waals surface area (Å²) in [6, 6.07) is 8.49. The fourth-order valence-electron chi connectivity index (χ4n) is 3.54. The van der Waals surface area contributed by atoms with E-state index in [1.165, 1.54) is 36.8 Å². The topological polar surface area (TPSA) is 56.7 Å². The summed E-state index contributed by atoms with van der Waals surface area (Å²) in [5, 5.41) is 6.86.